The highest BCUT2D eigenvalue weighted by molar-refractivity contribution is 6.00. The summed E-state index contributed by atoms with van der Waals surface area (Å²) in [5, 5.41) is 5.80. The molecule has 0 heterocycles. The summed E-state index contributed by atoms with van der Waals surface area (Å²) in [7, 11) is 0. The molecule has 0 spiro atoms. The molecule has 3 amide bonds. The van der Waals surface area contributed by atoms with Crippen molar-refractivity contribution in [3.8, 4) is 0 Å². The van der Waals surface area contributed by atoms with Crippen LogP contribution in [0.2, 0.25) is 0 Å². The van der Waals surface area contributed by atoms with Gasteiger partial charge in [0.15, 0.2) is 0 Å². The number of nitrogens with zero attached hydrogens (tertiary/aromatic N) is 1. The van der Waals surface area contributed by atoms with Crippen molar-refractivity contribution >= 4 is 23.6 Å². The van der Waals surface area contributed by atoms with Crippen LogP contribution in [-0.4, -0.2) is 41.0 Å². The highest BCUT2D eigenvalue weighted by Gasteiger charge is 2.35. The Hall–Kier alpha value is -3.35. The first kappa shape index (κ1) is 31.9. The minimum atomic E-state index is -0.883. The number of unbranched alkanes of at least 4 members (excludes halogenated alkanes) is 3. The number of hydrogen-bond donors (Lipinski definition) is 2. The van der Waals surface area contributed by atoms with Crippen molar-refractivity contribution in [2.24, 2.45) is 0 Å². The Bertz CT molecular complexity index is 1130. The summed E-state index contributed by atoms with van der Waals surface area (Å²) in [5.41, 5.74) is 4.71. The van der Waals surface area contributed by atoms with E-state index in [1.807, 2.05) is 64.1 Å². The van der Waals surface area contributed by atoms with Crippen molar-refractivity contribution < 1.29 is 19.1 Å². The number of benzene rings is 2. The van der Waals surface area contributed by atoms with E-state index in [-0.39, 0.29) is 11.8 Å². The number of alkyl carbamates (subject to hydrolysis) is 1. The smallest absolute Gasteiger partial charge is 0.408 e. The van der Waals surface area contributed by atoms with Crippen LogP contribution in [0, 0.1) is 27.7 Å². The molecule has 0 saturated carbocycles. The Morgan fingerprint density at radius 3 is 2.08 bits per heavy atom. The molecule has 0 aliphatic heterocycles. The first-order chi connectivity index (χ1) is 18.3. The predicted octanol–water partition coefficient (Wildman–Crippen LogP) is 6.92. The Labute approximate surface area is 234 Å². The van der Waals surface area contributed by atoms with E-state index in [1.165, 1.54) is 0 Å². The fourth-order valence-corrected chi connectivity index (χ4v) is 4.59. The molecule has 214 valence electrons. The van der Waals surface area contributed by atoms with Gasteiger partial charge in [-0.05, 0) is 89.6 Å². The number of aryl methyl sites for hydroxylation is 3. The van der Waals surface area contributed by atoms with Gasteiger partial charge in [0.1, 0.15) is 17.7 Å². The van der Waals surface area contributed by atoms with Gasteiger partial charge >= 0.3 is 6.09 Å². The van der Waals surface area contributed by atoms with E-state index in [9.17, 15) is 14.4 Å². The Balaban J connectivity index is 2.54. The topological polar surface area (TPSA) is 87.7 Å². The third kappa shape index (κ3) is 9.12. The summed E-state index contributed by atoms with van der Waals surface area (Å²) in [6.45, 7) is 17.4. The lowest BCUT2D eigenvalue weighted by atomic mass is 9.94. The largest absolute Gasteiger partial charge is 0.444 e. The van der Waals surface area contributed by atoms with Crippen LogP contribution in [0.3, 0.4) is 0 Å². The third-order valence-corrected chi connectivity index (χ3v) is 6.87. The van der Waals surface area contributed by atoms with E-state index in [2.05, 4.69) is 17.6 Å². The van der Waals surface area contributed by atoms with Gasteiger partial charge in [-0.1, -0.05) is 62.6 Å². The highest BCUT2D eigenvalue weighted by Crippen LogP contribution is 2.30. The molecule has 0 bridgehead atoms. The van der Waals surface area contributed by atoms with Crippen LogP contribution in [0.15, 0.2) is 36.4 Å². The molecular weight excluding hydrogens is 490 g/mol. The minimum absolute atomic E-state index is 0.283. The molecule has 7 nitrogen and oxygen atoms in total. The van der Waals surface area contributed by atoms with E-state index < -0.39 is 23.8 Å². The Kier molecular flexibility index (Phi) is 11.6. The molecule has 2 N–H and O–H groups in total. The third-order valence-electron chi connectivity index (χ3n) is 6.87. The SMILES string of the molecule is CCCCCCN(C(=O)C(C)NC(=O)OC(C)(C)C)C(C(=O)Nc1c(C)cccc1C)c1cccc(C)c1C. The summed E-state index contributed by atoms with van der Waals surface area (Å²) < 4.78 is 5.38. The average Bonchev–Trinajstić information content (AvgIpc) is 2.84. The first-order valence-electron chi connectivity index (χ1n) is 14.0. The predicted molar refractivity (Wildman–Crippen MR) is 158 cm³/mol. The molecule has 2 aromatic carbocycles. The van der Waals surface area contributed by atoms with Crippen molar-refractivity contribution in [3.63, 3.8) is 0 Å². The van der Waals surface area contributed by atoms with Crippen LogP contribution < -0.4 is 10.6 Å². The van der Waals surface area contributed by atoms with Crippen LogP contribution in [0.4, 0.5) is 10.5 Å². The number of carbonyl (C=O) groups excluding carboxylic acids is 3. The number of anilines is 1. The molecule has 0 fully saturated rings. The summed E-state index contributed by atoms with van der Waals surface area (Å²) in [6.07, 6.45) is 3.11. The van der Waals surface area contributed by atoms with Crippen molar-refractivity contribution in [2.45, 2.75) is 106 Å². The lowest BCUT2D eigenvalue weighted by molar-refractivity contribution is -0.140. The van der Waals surface area contributed by atoms with Gasteiger partial charge in [0.05, 0.1) is 0 Å². The second-order valence-corrected chi connectivity index (χ2v) is 11.4. The van der Waals surface area contributed by atoms with E-state index in [0.29, 0.717) is 6.54 Å². The summed E-state index contributed by atoms with van der Waals surface area (Å²) >= 11 is 0. The first-order valence-corrected chi connectivity index (χ1v) is 14.0. The highest BCUT2D eigenvalue weighted by atomic mass is 16.6. The van der Waals surface area contributed by atoms with Gasteiger partial charge in [0.2, 0.25) is 5.91 Å². The molecule has 0 aromatic heterocycles. The summed E-state index contributed by atoms with van der Waals surface area (Å²) in [4.78, 5) is 42.2. The molecule has 0 saturated heterocycles. The maximum Gasteiger partial charge on any atom is 0.408 e. The lowest BCUT2D eigenvalue weighted by Gasteiger charge is -2.35. The zero-order valence-electron chi connectivity index (χ0n) is 25.2. The second-order valence-electron chi connectivity index (χ2n) is 11.4. The van der Waals surface area contributed by atoms with Gasteiger partial charge in [0, 0.05) is 12.2 Å². The van der Waals surface area contributed by atoms with Crippen LogP contribution in [0.5, 0.6) is 0 Å². The van der Waals surface area contributed by atoms with Crippen LogP contribution in [0.1, 0.15) is 94.2 Å². The maximum atomic E-state index is 14.1. The number of rotatable bonds is 11. The molecule has 0 radical (unpaired) electrons. The van der Waals surface area contributed by atoms with Gasteiger partial charge in [0.25, 0.3) is 5.91 Å². The number of ether oxygens (including phenoxy) is 1. The fourth-order valence-electron chi connectivity index (χ4n) is 4.59. The monoisotopic (exact) mass is 537 g/mol. The van der Waals surface area contributed by atoms with Gasteiger partial charge in [-0.3, -0.25) is 9.59 Å². The molecular formula is C32H47N3O4. The summed E-state index contributed by atoms with van der Waals surface area (Å²) in [5.74, 6) is -0.616. The normalized spacial score (nSPS) is 12.8. The maximum absolute atomic E-state index is 14.1. The van der Waals surface area contributed by atoms with E-state index in [0.717, 1.165) is 59.2 Å². The molecule has 2 unspecified atom stereocenters. The van der Waals surface area contributed by atoms with Crippen molar-refractivity contribution in [1.82, 2.24) is 10.2 Å². The van der Waals surface area contributed by atoms with Gasteiger partial charge in [-0.2, -0.15) is 0 Å². The molecule has 2 atom stereocenters. The van der Waals surface area contributed by atoms with Crippen molar-refractivity contribution in [1.29, 1.82) is 0 Å². The minimum Gasteiger partial charge on any atom is -0.444 e. The van der Waals surface area contributed by atoms with Crippen LogP contribution in [0.25, 0.3) is 0 Å². The van der Waals surface area contributed by atoms with Crippen LogP contribution in [-0.2, 0) is 14.3 Å². The average molecular weight is 538 g/mol. The molecule has 7 heteroatoms. The number of carbonyl (C=O) groups is 3. The Morgan fingerprint density at radius 1 is 0.897 bits per heavy atom. The fraction of sp³-hybridized carbons (Fsp3) is 0.531. The molecule has 2 aromatic rings. The second kappa shape index (κ2) is 14.2. The van der Waals surface area contributed by atoms with E-state index >= 15 is 0 Å². The summed E-state index contributed by atoms with van der Waals surface area (Å²) in [6, 6.07) is 9.93. The number of hydrogen-bond acceptors (Lipinski definition) is 4. The Morgan fingerprint density at radius 2 is 1.49 bits per heavy atom. The van der Waals surface area contributed by atoms with Crippen molar-refractivity contribution in [2.75, 3.05) is 11.9 Å². The number of amides is 3. The quantitative estimate of drug-likeness (QED) is 0.305. The molecule has 39 heavy (non-hydrogen) atoms. The van der Waals surface area contributed by atoms with Gasteiger partial charge in [-0.15, -0.1) is 0 Å². The van der Waals surface area contributed by atoms with Gasteiger partial charge in [-0.25, -0.2) is 4.79 Å². The zero-order chi connectivity index (χ0) is 29.3. The van der Waals surface area contributed by atoms with Crippen molar-refractivity contribution in [3.05, 3.63) is 64.2 Å². The number of para-hydroxylation sites is 1. The molecule has 2 rings (SSSR count). The van der Waals surface area contributed by atoms with Crippen LogP contribution >= 0.6 is 0 Å². The van der Waals surface area contributed by atoms with E-state index in [1.54, 1.807) is 32.6 Å². The molecule has 0 aliphatic carbocycles. The van der Waals surface area contributed by atoms with Gasteiger partial charge < -0.3 is 20.3 Å². The zero-order valence-corrected chi connectivity index (χ0v) is 25.2. The number of nitrogens with one attached hydrogen (secondary N) is 2. The molecule has 0 aliphatic rings. The standard InChI is InChI=1S/C32H47N3O4/c1-10-11-12-13-20-35(30(37)25(6)33-31(38)39-32(7,8)9)28(26-19-15-16-21(2)24(26)5)29(36)34-27-22(3)17-14-18-23(27)4/h14-19,25,28H,10-13,20H2,1-9H3,(H,33,38)(H,34,36). The lowest BCUT2D eigenvalue weighted by Crippen LogP contribution is -2.51. The van der Waals surface area contributed by atoms with E-state index in [4.69, 9.17) is 4.74 Å².